The summed E-state index contributed by atoms with van der Waals surface area (Å²) in [6.45, 7) is 0. The summed E-state index contributed by atoms with van der Waals surface area (Å²) in [4.78, 5) is 24.2. The lowest BCUT2D eigenvalue weighted by atomic mass is 10.0. The van der Waals surface area contributed by atoms with Crippen LogP contribution in [-0.4, -0.2) is 48.1 Å². The lowest BCUT2D eigenvalue weighted by Gasteiger charge is -2.05. The smallest absolute Gasteiger partial charge is 0.211 e. The van der Waals surface area contributed by atoms with Crippen LogP contribution >= 0.6 is 0 Å². The molecule has 24 heavy (non-hydrogen) atoms. The van der Waals surface area contributed by atoms with Gasteiger partial charge < -0.3 is 0 Å². The molecule has 0 aliphatic heterocycles. The number of hydrogen-bond acceptors (Lipinski definition) is 2. The first-order valence-electron chi connectivity index (χ1n) is 7.72. The van der Waals surface area contributed by atoms with E-state index in [9.17, 15) is 9.59 Å². The van der Waals surface area contributed by atoms with Crippen molar-refractivity contribution in [2.75, 3.05) is 36.5 Å². The zero-order chi connectivity index (χ0) is 17.7. The van der Waals surface area contributed by atoms with Crippen molar-refractivity contribution in [3.8, 4) is 11.1 Å². The van der Waals surface area contributed by atoms with E-state index in [0.717, 1.165) is 22.3 Å². The van der Waals surface area contributed by atoms with Crippen LogP contribution in [0.2, 0.25) is 0 Å². The monoisotopic (exact) mass is 360 g/mol. The molecule has 0 unspecified atom stereocenters. The van der Waals surface area contributed by atoms with Crippen molar-refractivity contribution < 1.29 is 9.59 Å². The fourth-order valence-corrected chi connectivity index (χ4v) is 3.77. The Balaban J connectivity index is 2.12. The maximum Gasteiger partial charge on any atom is 0.211 e. The molecule has 2 aromatic carbocycles. The average Bonchev–Trinajstić information content (AvgIpc) is 2.54. The second-order valence-corrected chi connectivity index (χ2v) is 10.8. The Labute approximate surface area is 150 Å². The first-order chi connectivity index (χ1) is 11.4. The topological polar surface area (TPSA) is 34.1 Å². The van der Waals surface area contributed by atoms with Crippen molar-refractivity contribution in [3.63, 3.8) is 0 Å². The summed E-state index contributed by atoms with van der Waals surface area (Å²) >= 11 is 0. The Kier molecular flexibility index (Phi) is 6.69. The highest BCUT2D eigenvalue weighted by molar-refractivity contribution is 7.96. The number of carbonyl (C=O) groups is 2. The van der Waals surface area contributed by atoms with Crippen LogP contribution in [0.3, 0.4) is 0 Å². The Morgan fingerprint density at radius 3 is 1.17 bits per heavy atom. The van der Waals surface area contributed by atoms with Gasteiger partial charge >= 0.3 is 0 Å². The predicted molar refractivity (Wildman–Crippen MR) is 109 cm³/mol. The molecule has 2 nitrogen and oxygen atoms in total. The van der Waals surface area contributed by atoms with E-state index >= 15 is 0 Å². The molecule has 4 heteroatoms. The molecule has 0 fully saturated rings. The first kappa shape index (κ1) is 18.8. The largest absolute Gasteiger partial charge is 0.289 e. The van der Waals surface area contributed by atoms with E-state index < -0.39 is 0 Å². The molecule has 0 aromatic heterocycles. The van der Waals surface area contributed by atoms with E-state index in [1.54, 1.807) is 0 Å². The highest BCUT2D eigenvalue weighted by Crippen LogP contribution is 2.21. The summed E-state index contributed by atoms with van der Waals surface area (Å²) in [6.07, 6.45) is 8.31. The number of ketones is 2. The quantitative estimate of drug-likeness (QED) is 0.560. The highest BCUT2D eigenvalue weighted by Gasteiger charge is 2.15. The summed E-state index contributed by atoms with van der Waals surface area (Å²) in [7, 11) is 0.240. The molecule has 0 atom stereocenters. The SMILES string of the molecule is C[S+](C)CC(=O)c1ccc(-c2ccc(C(=O)C[S+](C)C)cc2)cc1. The Bertz CT molecular complexity index is 638. The van der Waals surface area contributed by atoms with Gasteiger partial charge in [0.1, 0.15) is 0 Å². The van der Waals surface area contributed by atoms with E-state index in [0.29, 0.717) is 11.5 Å². The van der Waals surface area contributed by atoms with Gasteiger partial charge in [0.25, 0.3) is 0 Å². The van der Waals surface area contributed by atoms with Gasteiger partial charge in [0, 0.05) is 11.1 Å². The summed E-state index contributed by atoms with van der Waals surface area (Å²) in [5.41, 5.74) is 3.65. The minimum Gasteiger partial charge on any atom is -0.289 e. The van der Waals surface area contributed by atoms with Crippen LogP contribution in [0.1, 0.15) is 20.7 Å². The van der Waals surface area contributed by atoms with Crippen molar-refractivity contribution in [3.05, 3.63) is 59.7 Å². The molecule has 0 aliphatic rings. The van der Waals surface area contributed by atoms with Crippen LogP contribution in [-0.2, 0) is 21.8 Å². The van der Waals surface area contributed by atoms with Crippen LogP contribution in [0.15, 0.2) is 48.5 Å². The van der Waals surface area contributed by atoms with Crippen LogP contribution in [0, 0.1) is 0 Å². The second-order valence-electron chi connectivity index (χ2n) is 6.26. The number of hydrogen-bond donors (Lipinski definition) is 0. The van der Waals surface area contributed by atoms with Crippen LogP contribution in [0.4, 0.5) is 0 Å². The molecule has 0 heterocycles. The van der Waals surface area contributed by atoms with E-state index in [-0.39, 0.29) is 33.4 Å². The van der Waals surface area contributed by atoms with Crippen LogP contribution in [0.25, 0.3) is 11.1 Å². The Morgan fingerprint density at radius 1 is 0.625 bits per heavy atom. The number of benzene rings is 2. The molecule has 0 N–H and O–H groups in total. The van der Waals surface area contributed by atoms with Gasteiger partial charge in [-0.1, -0.05) is 48.5 Å². The summed E-state index contributed by atoms with van der Waals surface area (Å²) < 4.78 is 0. The third-order valence-corrected chi connectivity index (χ3v) is 5.27. The van der Waals surface area contributed by atoms with Crippen molar-refractivity contribution in [1.29, 1.82) is 0 Å². The minimum atomic E-state index is 0.120. The van der Waals surface area contributed by atoms with Crippen molar-refractivity contribution in [2.24, 2.45) is 0 Å². The molecule has 0 spiro atoms. The Morgan fingerprint density at radius 2 is 0.917 bits per heavy atom. The molecular weight excluding hydrogens is 336 g/mol. The maximum absolute atomic E-state index is 12.1. The van der Waals surface area contributed by atoms with E-state index in [1.165, 1.54) is 0 Å². The highest BCUT2D eigenvalue weighted by atomic mass is 32.2. The summed E-state index contributed by atoms with van der Waals surface area (Å²) in [5.74, 6) is 1.61. The number of rotatable bonds is 7. The molecule has 0 aliphatic carbocycles. The lowest BCUT2D eigenvalue weighted by molar-refractivity contribution is 0.101. The molecule has 2 aromatic rings. The van der Waals surface area contributed by atoms with E-state index in [1.807, 2.05) is 48.5 Å². The standard InChI is InChI=1S/C20H24O2S2/c1-23(2)13-19(21)17-9-5-15(6-10-17)16-7-11-18(12-8-16)20(22)14-24(3)4/h5-12H,13-14H2,1-4H3/q+2. The third-order valence-electron chi connectivity index (χ3n) is 3.59. The zero-order valence-electron chi connectivity index (χ0n) is 14.7. The summed E-state index contributed by atoms with van der Waals surface area (Å²) in [5, 5.41) is 0. The molecule has 126 valence electrons. The van der Waals surface area contributed by atoms with Gasteiger partial charge in [-0.15, -0.1) is 0 Å². The Hall–Kier alpha value is -1.52. The predicted octanol–water partition coefficient (Wildman–Crippen LogP) is 3.47. The molecule has 0 radical (unpaired) electrons. The van der Waals surface area contributed by atoms with Crippen molar-refractivity contribution in [1.82, 2.24) is 0 Å². The van der Waals surface area contributed by atoms with Gasteiger partial charge in [0.2, 0.25) is 11.6 Å². The van der Waals surface area contributed by atoms with Gasteiger partial charge in [-0.2, -0.15) is 0 Å². The molecule has 0 saturated heterocycles. The lowest BCUT2D eigenvalue weighted by Crippen LogP contribution is -2.13. The fraction of sp³-hybridized carbons (Fsp3) is 0.300. The molecule has 0 amide bonds. The van der Waals surface area contributed by atoms with Gasteiger partial charge in [-0.3, -0.25) is 9.59 Å². The average molecular weight is 361 g/mol. The molecule has 0 bridgehead atoms. The third kappa shape index (κ3) is 5.25. The fourth-order valence-electron chi connectivity index (χ4n) is 2.39. The van der Waals surface area contributed by atoms with Gasteiger partial charge in [0.15, 0.2) is 11.5 Å². The van der Waals surface area contributed by atoms with Gasteiger partial charge in [-0.25, -0.2) is 0 Å². The van der Waals surface area contributed by atoms with Crippen LogP contribution in [0.5, 0.6) is 0 Å². The van der Waals surface area contributed by atoms with Gasteiger partial charge in [-0.05, 0) is 32.9 Å². The molecule has 2 rings (SSSR count). The van der Waals surface area contributed by atoms with E-state index in [4.69, 9.17) is 0 Å². The zero-order valence-corrected chi connectivity index (χ0v) is 16.3. The van der Waals surface area contributed by atoms with Crippen molar-refractivity contribution in [2.45, 2.75) is 0 Å². The number of carbonyl (C=O) groups excluding carboxylic acids is 2. The van der Waals surface area contributed by atoms with Crippen molar-refractivity contribution >= 4 is 33.4 Å². The second kappa shape index (κ2) is 8.54. The van der Waals surface area contributed by atoms with Gasteiger partial charge in [0.05, 0.1) is 25.0 Å². The summed E-state index contributed by atoms with van der Waals surface area (Å²) in [6, 6.07) is 15.5. The molecule has 0 saturated carbocycles. The maximum atomic E-state index is 12.1. The van der Waals surface area contributed by atoms with E-state index in [2.05, 4.69) is 25.0 Å². The normalized spacial score (nSPS) is 11.1. The van der Waals surface area contributed by atoms with Crippen LogP contribution < -0.4 is 0 Å². The minimum absolute atomic E-state index is 0.120. The number of Topliss-reactive ketones (excluding diaryl/α,β-unsaturated/α-hetero) is 2. The first-order valence-corrected chi connectivity index (χ1v) is 12.1. The molecular formula is C20H24O2S2+2.